The molecule has 2 aromatic rings. The second-order valence-corrected chi connectivity index (χ2v) is 10.5. The van der Waals surface area contributed by atoms with Crippen molar-refractivity contribution in [3.8, 4) is 0 Å². The molecule has 2 amide bonds. The van der Waals surface area contributed by atoms with E-state index in [1.807, 2.05) is 24.3 Å². The van der Waals surface area contributed by atoms with Crippen molar-refractivity contribution in [1.82, 2.24) is 10.2 Å². The van der Waals surface area contributed by atoms with Gasteiger partial charge in [-0.25, -0.2) is 8.42 Å². The molecule has 1 N–H and O–H groups in total. The summed E-state index contributed by atoms with van der Waals surface area (Å²) in [4.78, 5) is 25.7. The largest absolute Gasteiger partial charge is 0.354 e. The van der Waals surface area contributed by atoms with Crippen molar-refractivity contribution in [3.63, 3.8) is 0 Å². The van der Waals surface area contributed by atoms with Gasteiger partial charge in [-0.2, -0.15) is 11.8 Å². The first-order valence-electron chi connectivity index (χ1n) is 9.46. The van der Waals surface area contributed by atoms with Crippen molar-refractivity contribution >= 4 is 50.9 Å². The number of benzene rings is 2. The average molecular weight is 484 g/mol. The number of amides is 2. The number of halogens is 1. The lowest BCUT2D eigenvalue weighted by Gasteiger charge is -2.22. The zero-order valence-corrected chi connectivity index (χ0v) is 20.1. The van der Waals surface area contributed by atoms with Gasteiger partial charge in [0.25, 0.3) is 5.91 Å². The fraction of sp³-hybridized carbons (Fsp3) is 0.333. The number of hydrogen-bond donors (Lipinski definition) is 1. The summed E-state index contributed by atoms with van der Waals surface area (Å²) in [6.07, 6.45) is 1.04. The molecule has 0 aliphatic heterocycles. The summed E-state index contributed by atoms with van der Waals surface area (Å²) < 4.78 is 25.4. The van der Waals surface area contributed by atoms with E-state index in [1.54, 1.807) is 38.0 Å². The van der Waals surface area contributed by atoms with E-state index in [0.717, 1.165) is 21.9 Å². The molecule has 0 radical (unpaired) electrons. The minimum atomic E-state index is -3.68. The molecule has 7 nitrogen and oxygen atoms in total. The lowest BCUT2D eigenvalue weighted by atomic mass is 10.2. The van der Waals surface area contributed by atoms with Crippen molar-refractivity contribution in [2.45, 2.75) is 5.75 Å². The molecule has 0 unspecified atom stereocenters. The second-order valence-electron chi connectivity index (χ2n) is 7.05. The van der Waals surface area contributed by atoms with Crippen molar-refractivity contribution in [1.29, 1.82) is 0 Å². The van der Waals surface area contributed by atoms with Crippen molar-refractivity contribution in [3.05, 3.63) is 64.7 Å². The lowest BCUT2D eigenvalue weighted by molar-refractivity contribution is -0.119. The van der Waals surface area contributed by atoms with E-state index in [2.05, 4.69) is 5.32 Å². The number of nitrogens with one attached hydrogen (secondary N) is 1. The minimum absolute atomic E-state index is 0.189. The molecule has 0 heterocycles. The predicted molar refractivity (Wildman–Crippen MR) is 127 cm³/mol. The maximum absolute atomic E-state index is 12.3. The molecule has 168 valence electrons. The molecule has 2 aromatic carbocycles. The summed E-state index contributed by atoms with van der Waals surface area (Å²) in [7, 11) is -0.404. The zero-order valence-electron chi connectivity index (χ0n) is 17.7. The number of nitrogens with zero attached hydrogens (tertiary/aromatic N) is 2. The molecular weight excluding hydrogens is 458 g/mol. The Balaban J connectivity index is 1.88. The molecule has 0 aliphatic rings. The summed E-state index contributed by atoms with van der Waals surface area (Å²) in [6, 6.07) is 13.7. The van der Waals surface area contributed by atoms with Crippen LogP contribution in [0.5, 0.6) is 0 Å². The summed E-state index contributed by atoms with van der Waals surface area (Å²) in [5.41, 5.74) is 1.90. The molecule has 0 aliphatic carbocycles. The van der Waals surface area contributed by atoms with Gasteiger partial charge in [0, 0.05) is 42.7 Å². The van der Waals surface area contributed by atoms with Crippen molar-refractivity contribution < 1.29 is 18.0 Å². The number of carbonyl (C=O) groups is 2. The van der Waals surface area contributed by atoms with Gasteiger partial charge in [-0.1, -0.05) is 23.7 Å². The highest BCUT2D eigenvalue weighted by atomic mass is 35.5. The Kier molecular flexibility index (Phi) is 9.21. The molecule has 31 heavy (non-hydrogen) atoms. The first-order chi connectivity index (χ1) is 14.6. The Morgan fingerprint density at radius 1 is 1.03 bits per heavy atom. The van der Waals surface area contributed by atoms with Crippen molar-refractivity contribution in [2.24, 2.45) is 0 Å². The van der Waals surface area contributed by atoms with E-state index in [0.29, 0.717) is 28.6 Å². The predicted octanol–water partition coefficient (Wildman–Crippen LogP) is 2.86. The van der Waals surface area contributed by atoms with Crippen LogP contribution in [-0.4, -0.2) is 64.3 Å². The lowest BCUT2D eigenvalue weighted by Crippen LogP contribution is -2.41. The molecule has 0 fully saturated rings. The number of sulfonamides is 1. The van der Waals surface area contributed by atoms with Crippen LogP contribution in [0.4, 0.5) is 5.69 Å². The Bertz CT molecular complexity index is 994. The van der Waals surface area contributed by atoms with E-state index in [9.17, 15) is 18.0 Å². The van der Waals surface area contributed by atoms with E-state index in [1.165, 1.54) is 17.0 Å². The van der Waals surface area contributed by atoms with Gasteiger partial charge in [-0.15, -0.1) is 0 Å². The molecule has 10 heteroatoms. The molecule has 0 saturated carbocycles. The Labute approximate surface area is 192 Å². The van der Waals surface area contributed by atoms with Gasteiger partial charge >= 0.3 is 0 Å². The standard InChI is InChI=1S/C21H26ClN3O4S2/c1-24(2)21(27)17-6-10-19(11-7-17)25(31(3,28)29)14-20(26)23-12-13-30-15-16-4-8-18(22)9-5-16/h4-11H,12-15H2,1-3H3,(H,23,26). The fourth-order valence-corrected chi connectivity index (χ4v) is 4.45. The number of hydrogen-bond acceptors (Lipinski definition) is 5. The monoisotopic (exact) mass is 483 g/mol. The Morgan fingerprint density at radius 2 is 1.65 bits per heavy atom. The summed E-state index contributed by atoms with van der Waals surface area (Å²) in [6.45, 7) is 0.0899. The fourth-order valence-electron chi connectivity index (χ4n) is 2.65. The van der Waals surface area contributed by atoms with Gasteiger partial charge in [-0.05, 0) is 42.0 Å². The summed E-state index contributed by atoms with van der Waals surface area (Å²) >= 11 is 7.52. The van der Waals surface area contributed by atoms with Crippen LogP contribution in [0.1, 0.15) is 15.9 Å². The molecule has 0 atom stereocenters. The normalized spacial score (nSPS) is 11.1. The quantitative estimate of drug-likeness (QED) is 0.525. The molecule has 2 rings (SSSR count). The topological polar surface area (TPSA) is 86.8 Å². The highest BCUT2D eigenvalue weighted by Crippen LogP contribution is 2.19. The third-order valence-corrected chi connectivity index (χ3v) is 6.67. The second kappa shape index (κ2) is 11.4. The van der Waals surface area contributed by atoms with Gasteiger partial charge in [0.05, 0.1) is 11.9 Å². The van der Waals surface area contributed by atoms with Crippen LogP contribution in [0.15, 0.2) is 48.5 Å². The summed E-state index contributed by atoms with van der Waals surface area (Å²) in [5.74, 6) is 0.895. The van der Waals surface area contributed by atoms with Gasteiger partial charge in [0.1, 0.15) is 6.54 Å². The van der Waals surface area contributed by atoms with E-state index < -0.39 is 15.9 Å². The van der Waals surface area contributed by atoms with Crippen LogP contribution in [0.3, 0.4) is 0 Å². The maximum atomic E-state index is 12.3. The van der Waals surface area contributed by atoms with Crippen LogP contribution < -0.4 is 9.62 Å². The molecule has 0 saturated heterocycles. The van der Waals surface area contributed by atoms with Gasteiger partial charge in [0.15, 0.2) is 0 Å². The van der Waals surface area contributed by atoms with Crippen LogP contribution in [0, 0.1) is 0 Å². The van der Waals surface area contributed by atoms with Gasteiger partial charge < -0.3 is 10.2 Å². The number of anilines is 1. The van der Waals surface area contributed by atoms with Gasteiger partial charge in [-0.3, -0.25) is 13.9 Å². The zero-order chi connectivity index (χ0) is 23.0. The number of rotatable bonds is 10. The minimum Gasteiger partial charge on any atom is -0.354 e. The van der Waals surface area contributed by atoms with E-state index in [4.69, 9.17) is 11.6 Å². The van der Waals surface area contributed by atoms with Crippen LogP contribution in [0.25, 0.3) is 0 Å². The highest BCUT2D eigenvalue weighted by Gasteiger charge is 2.21. The Morgan fingerprint density at radius 3 is 2.19 bits per heavy atom. The van der Waals surface area contributed by atoms with Crippen LogP contribution in [-0.2, 0) is 20.6 Å². The van der Waals surface area contributed by atoms with Crippen LogP contribution >= 0.6 is 23.4 Å². The molecule has 0 aromatic heterocycles. The number of carbonyl (C=O) groups excluding carboxylic acids is 2. The van der Waals surface area contributed by atoms with Crippen molar-refractivity contribution in [2.75, 3.05) is 43.5 Å². The molecular formula is C21H26ClN3O4S2. The van der Waals surface area contributed by atoms with Gasteiger partial charge in [0.2, 0.25) is 15.9 Å². The summed E-state index contributed by atoms with van der Waals surface area (Å²) in [5, 5.41) is 3.44. The third-order valence-electron chi connectivity index (χ3n) is 4.25. The Hall–Kier alpha value is -2.23. The van der Waals surface area contributed by atoms with Crippen LogP contribution in [0.2, 0.25) is 5.02 Å². The first-order valence-corrected chi connectivity index (χ1v) is 12.8. The number of thioether (sulfide) groups is 1. The first kappa shape index (κ1) is 25.0. The molecule has 0 spiro atoms. The molecule has 0 bridgehead atoms. The highest BCUT2D eigenvalue weighted by molar-refractivity contribution is 7.98. The third kappa shape index (κ3) is 8.08. The average Bonchev–Trinajstić information content (AvgIpc) is 2.72. The smallest absolute Gasteiger partial charge is 0.253 e. The SMILES string of the molecule is CN(C)C(=O)c1ccc(N(CC(=O)NCCSCc2ccc(Cl)cc2)S(C)(=O)=O)cc1. The van der Waals surface area contributed by atoms with E-state index >= 15 is 0 Å². The van der Waals surface area contributed by atoms with E-state index in [-0.39, 0.29) is 12.5 Å². The maximum Gasteiger partial charge on any atom is 0.253 e.